The Kier molecular flexibility index (Phi) is 2.24. The Labute approximate surface area is 97.5 Å². The molecule has 1 aromatic heterocycles. The van der Waals surface area contributed by atoms with Crippen LogP contribution in [0.4, 0.5) is 0 Å². The zero-order valence-corrected chi connectivity index (χ0v) is 10.4. The fraction of sp³-hybridized carbons (Fsp3) is 0.600. The van der Waals surface area contributed by atoms with Crippen molar-refractivity contribution in [3.8, 4) is 0 Å². The van der Waals surface area contributed by atoms with Crippen LogP contribution in [0.1, 0.15) is 49.5 Å². The van der Waals surface area contributed by atoms with Crippen LogP contribution in [0, 0.1) is 18.8 Å². The van der Waals surface area contributed by atoms with Crippen molar-refractivity contribution in [1.29, 1.82) is 0 Å². The third-order valence-electron chi connectivity index (χ3n) is 4.47. The Balaban J connectivity index is 2.12. The molecule has 86 valence electrons. The molecule has 3 atom stereocenters. The molecule has 2 aliphatic carbocycles. The van der Waals surface area contributed by atoms with Gasteiger partial charge in [0.25, 0.3) is 0 Å². The van der Waals surface area contributed by atoms with Crippen molar-refractivity contribution in [3.63, 3.8) is 0 Å². The van der Waals surface area contributed by atoms with E-state index in [1.807, 2.05) is 6.26 Å². The van der Waals surface area contributed by atoms with Gasteiger partial charge in [0.05, 0.1) is 6.26 Å². The maximum Gasteiger partial charge on any atom is 0.108 e. The molecule has 0 spiro atoms. The minimum Gasteiger partial charge on any atom is -0.469 e. The quantitative estimate of drug-likeness (QED) is 0.592. The fourth-order valence-electron chi connectivity index (χ4n) is 3.58. The first-order valence-corrected chi connectivity index (χ1v) is 6.41. The highest BCUT2D eigenvalue weighted by Gasteiger charge is 2.37. The van der Waals surface area contributed by atoms with E-state index in [0.717, 1.165) is 18.3 Å². The normalized spacial score (nSPS) is 32.9. The van der Waals surface area contributed by atoms with E-state index < -0.39 is 0 Å². The van der Waals surface area contributed by atoms with Crippen LogP contribution in [0.3, 0.4) is 0 Å². The molecule has 1 heterocycles. The van der Waals surface area contributed by atoms with Crippen LogP contribution < -0.4 is 0 Å². The molecule has 1 nitrogen and oxygen atoms in total. The minimum absolute atomic E-state index is 0.631. The summed E-state index contributed by atoms with van der Waals surface area (Å²) in [5, 5.41) is 0. The lowest BCUT2D eigenvalue weighted by atomic mass is 9.66. The third-order valence-corrected chi connectivity index (χ3v) is 4.47. The number of fused-ring (bicyclic) bond motifs is 3. The summed E-state index contributed by atoms with van der Waals surface area (Å²) in [6.45, 7) is 6.84. The zero-order chi connectivity index (χ0) is 11.3. The van der Waals surface area contributed by atoms with Crippen molar-refractivity contribution in [2.24, 2.45) is 11.8 Å². The summed E-state index contributed by atoms with van der Waals surface area (Å²) in [6.07, 6.45) is 8.22. The smallest absolute Gasteiger partial charge is 0.108 e. The van der Waals surface area contributed by atoms with E-state index in [1.165, 1.54) is 29.7 Å². The molecule has 0 amide bonds. The van der Waals surface area contributed by atoms with E-state index in [-0.39, 0.29) is 0 Å². The van der Waals surface area contributed by atoms with Crippen LogP contribution in [0.5, 0.6) is 0 Å². The Morgan fingerprint density at radius 3 is 2.94 bits per heavy atom. The zero-order valence-electron chi connectivity index (χ0n) is 10.4. The second-order valence-corrected chi connectivity index (χ2v) is 5.68. The lowest BCUT2D eigenvalue weighted by molar-refractivity contribution is 0.255. The molecule has 0 radical (unpaired) electrons. The highest BCUT2D eigenvalue weighted by molar-refractivity contribution is 5.39. The molecule has 3 unspecified atom stereocenters. The van der Waals surface area contributed by atoms with Gasteiger partial charge in [0.1, 0.15) is 5.76 Å². The standard InChI is InChI=1S/C15H20O/c1-9-4-5-12-10(2)7-14-15(13(12)6-9)11(3)8-16-14/h6,8,10,12-13H,4-5,7H2,1-3H3. The lowest BCUT2D eigenvalue weighted by Crippen LogP contribution is -2.29. The topological polar surface area (TPSA) is 13.1 Å². The summed E-state index contributed by atoms with van der Waals surface area (Å²) in [6, 6.07) is 0. The molecule has 3 rings (SSSR count). The summed E-state index contributed by atoms with van der Waals surface area (Å²) in [4.78, 5) is 0. The molecule has 2 aliphatic rings. The Morgan fingerprint density at radius 2 is 2.12 bits per heavy atom. The minimum atomic E-state index is 0.631. The number of rotatable bonds is 0. The maximum atomic E-state index is 5.71. The van der Waals surface area contributed by atoms with E-state index in [0.29, 0.717) is 5.92 Å². The molecule has 1 aromatic rings. The molecule has 0 N–H and O–H groups in total. The van der Waals surface area contributed by atoms with E-state index in [9.17, 15) is 0 Å². The molecule has 0 aliphatic heterocycles. The molecule has 0 saturated heterocycles. The molecule has 1 heteroatoms. The third kappa shape index (κ3) is 1.37. The van der Waals surface area contributed by atoms with Crippen LogP contribution in [-0.2, 0) is 6.42 Å². The van der Waals surface area contributed by atoms with Crippen molar-refractivity contribution >= 4 is 0 Å². The molecule has 0 saturated carbocycles. The van der Waals surface area contributed by atoms with Crippen molar-refractivity contribution in [3.05, 3.63) is 34.8 Å². The number of aryl methyl sites for hydroxylation is 1. The molecule has 16 heavy (non-hydrogen) atoms. The Morgan fingerprint density at radius 1 is 1.31 bits per heavy atom. The molecule has 0 fully saturated rings. The van der Waals surface area contributed by atoms with Crippen LogP contribution in [0.15, 0.2) is 22.3 Å². The fourth-order valence-corrected chi connectivity index (χ4v) is 3.58. The van der Waals surface area contributed by atoms with E-state index in [1.54, 1.807) is 5.57 Å². The molecule has 0 aromatic carbocycles. The first-order chi connectivity index (χ1) is 7.66. The van der Waals surface area contributed by atoms with Gasteiger partial charge in [0, 0.05) is 17.9 Å². The highest BCUT2D eigenvalue weighted by atomic mass is 16.3. The molecular formula is C15H20O. The lowest BCUT2D eigenvalue weighted by Gasteiger charge is -2.38. The van der Waals surface area contributed by atoms with Gasteiger partial charge < -0.3 is 4.42 Å². The van der Waals surface area contributed by atoms with Gasteiger partial charge in [-0.25, -0.2) is 0 Å². The Bertz CT molecular complexity index is 438. The van der Waals surface area contributed by atoms with E-state index >= 15 is 0 Å². The van der Waals surface area contributed by atoms with Crippen LogP contribution in [0.2, 0.25) is 0 Å². The second-order valence-electron chi connectivity index (χ2n) is 5.68. The first-order valence-electron chi connectivity index (χ1n) is 6.41. The van der Waals surface area contributed by atoms with Gasteiger partial charge in [0.15, 0.2) is 0 Å². The van der Waals surface area contributed by atoms with E-state index in [2.05, 4.69) is 26.8 Å². The van der Waals surface area contributed by atoms with Gasteiger partial charge >= 0.3 is 0 Å². The van der Waals surface area contributed by atoms with Gasteiger partial charge in [-0.1, -0.05) is 18.6 Å². The summed E-state index contributed by atoms with van der Waals surface area (Å²) >= 11 is 0. The van der Waals surface area contributed by atoms with Crippen LogP contribution in [0.25, 0.3) is 0 Å². The number of hydrogen-bond acceptors (Lipinski definition) is 1. The van der Waals surface area contributed by atoms with Crippen LogP contribution in [-0.4, -0.2) is 0 Å². The summed E-state index contributed by atoms with van der Waals surface area (Å²) in [7, 11) is 0. The average molecular weight is 216 g/mol. The second kappa shape index (κ2) is 3.51. The number of allylic oxidation sites excluding steroid dienone is 2. The summed E-state index contributed by atoms with van der Waals surface area (Å²) in [5.41, 5.74) is 4.41. The van der Waals surface area contributed by atoms with Gasteiger partial charge in [-0.15, -0.1) is 0 Å². The number of furan rings is 1. The van der Waals surface area contributed by atoms with Gasteiger partial charge in [-0.2, -0.15) is 0 Å². The van der Waals surface area contributed by atoms with E-state index in [4.69, 9.17) is 4.42 Å². The SMILES string of the molecule is CC1=CC2c3c(C)coc3CC(C)C2CC1. The van der Waals surface area contributed by atoms with Crippen molar-refractivity contribution in [2.45, 2.75) is 46.0 Å². The van der Waals surface area contributed by atoms with Gasteiger partial charge in [-0.3, -0.25) is 0 Å². The predicted octanol–water partition coefficient (Wildman–Crippen LogP) is 4.22. The van der Waals surface area contributed by atoms with Gasteiger partial charge in [-0.05, 0) is 44.1 Å². The van der Waals surface area contributed by atoms with Crippen molar-refractivity contribution in [1.82, 2.24) is 0 Å². The van der Waals surface area contributed by atoms with Gasteiger partial charge in [0.2, 0.25) is 0 Å². The maximum absolute atomic E-state index is 5.71. The summed E-state index contributed by atoms with van der Waals surface area (Å²) in [5.74, 6) is 3.49. The largest absolute Gasteiger partial charge is 0.469 e. The predicted molar refractivity (Wildman–Crippen MR) is 65.5 cm³/mol. The van der Waals surface area contributed by atoms with Crippen LogP contribution >= 0.6 is 0 Å². The molecule has 0 bridgehead atoms. The van der Waals surface area contributed by atoms with Crippen molar-refractivity contribution < 1.29 is 4.42 Å². The molecular weight excluding hydrogens is 196 g/mol. The summed E-state index contributed by atoms with van der Waals surface area (Å²) < 4.78 is 5.71. The highest BCUT2D eigenvalue weighted by Crippen LogP contribution is 2.47. The van der Waals surface area contributed by atoms with Crippen molar-refractivity contribution in [2.75, 3.05) is 0 Å². The number of hydrogen-bond donors (Lipinski definition) is 0. The first kappa shape index (κ1) is 10.2. The Hall–Kier alpha value is -0.980. The average Bonchev–Trinajstić information content (AvgIpc) is 2.60. The monoisotopic (exact) mass is 216 g/mol.